The highest BCUT2D eigenvalue weighted by Gasteiger charge is 2.17. The molecule has 25 heavy (non-hydrogen) atoms. The predicted octanol–water partition coefficient (Wildman–Crippen LogP) is 2.76. The van der Waals surface area contributed by atoms with Gasteiger partial charge in [0.2, 0.25) is 0 Å². The van der Waals surface area contributed by atoms with Crippen LogP contribution in [0.5, 0.6) is 0 Å². The van der Waals surface area contributed by atoms with E-state index in [1.165, 1.54) is 0 Å². The molecule has 0 aliphatic rings. The molecule has 2 heterocycles. The van der Waals surface area contributed by atoms with Crippen LogP contribution in [0.2, 0.25) is 0 Å². The predicted molar refractivity (Wildman–Crippen MR) is 95.9 cm³/mol. The maximum Gasteiger partial charge on any atom is 0.315 e. The smallest absolute Gasteiger partial charge is 0.315 e. The minimum atomic E-state index is -0.232. The summed E-state index contributed by atoms with van der Waals surface area (Å²) in [7, 11) is 0. The van der Waals surface area contributed by atoms with Crippen molar-refractivity contribution in [1.29, 1.82) is 0 Å². The SMILES string of the molecule is C[C@@H](Cn1ccnc1)NC(=O)N[C@@H](c1ccccc1)c1ccncc1. The Bertz CT molecular complexity index is 735. The van der Waals surface area contributed by atoms with Crippen LogP contribution in [0.3, 0.4) is 0 Å². The molecule has 2 atom stereocenters. The van der Waals surface area contributed by atoms with Gasteiger partial charge in [-0.1, -0.05) is 30.3 Å². The first-order valence-electron chi connectivity index (χ1n) is 8.20. The fourth-order valence-corrected chi connectivity index (χ4v) is 2.71. The molecular weight excluding hydrogens is 314 g/mol. The third kappa shape index (κ3) is 4.67. The molecular formula is C19H21N5O. The molecule has 0 fully saturated rings. The van der Waals surface area contributed by atoms with Gasteiger partial charge in [0, 0.05) is 37.4 Å². The summed E-state index contributed by atoms with van der Waals surface area (Å²) in [5.41, 5.74) is 2.00. The minimum Gasteiger partial charge on any atom is -0.335 e. The number of carbonyl (C=O) groups is 1. The van der Waals surface area contributed by atoms with E-state index in [0.29, 0.717) is 6.54 Å². The van der Waals surface area contributed by atoms with Gasteiger partial charge >= 0.3 is 6.03 Å². The molecule has 2 N–H and O–H groups in total. The summed E-state index contributed by atoms with van der Waals surface area (Å²) in [6.45, 7) is 2.63. The Morgan fingerprint density at radius 1 is 1.00 bits per heavy atom. The number of pyridine rings is 1. The molecule has 0 bridgehead atoms. The number of benzene rings is 1. The molecule has 0 saturated carbocycles. The fraction of sp³-hybridized carbons (Fsp3) is 0.211. The van der Waals surface area contributed by atoms with Crippen molar-refractivity contribution < 1.29 is 4.79 Å². The van der Waals surface area contributed by atoms with Crippen LogP contribution in [0.25, 0.3) is 0 Å². The van der Waals surface area contributed by atoms with E-state index in [4.69, 9.17) is 0 Å². The standard InChI is InChI=1S/C19H21N5O/c1-15(13-24-12-11-21-14-24)22-19(25)23-18(16-5-3-2-4-6-16)17-7-9-20-10-8-17/h2-12,14-15,18H,13H2,1H3,(H2,22,23,25)/t15-,18-/m0/s1. The molecule has 0 spiro atoms. The summed E-state index contributed by atoms with van der Waals surface area (Å²) in [5.74, 6) is 0. The molecule has 2 amide bonds. The number of nitrogens with one attached hydrogen (secondary N) is 2. The summed E-state index contributed by atoms with van der Waals surface area (Å²) in [6.07, 6.45) is 8.79. The number of urea groups is 1. The lowest BCUT2D eigenvalue weighted by molar-refractivity contribution is 0.234. The molecule has 0 radical (unpaired) electrons. The largest absolute Gasteiger partial charge is 0.335 e. The zero-order valence-corrected chi connectivity index (χ0v) is 14.0. The molecule has 3 rings (SSSR count). The second kappa shape index (κ2) is 8.10. The van der Waals surface area contributed by atoms with Gasteiger partial charge in [-0.3, -0.25) is 4.98 Å². The van der Waals surface area contributed by atoms with E-state index in [1.807, 2.05) is 60.2 Å². The molecule has 0 aliphatic heterocycles. The zero-order valence-electron chi connectivity index (χ0n) is 14.0. The van der Waals surface area contributed by atoms with E-state index in [-0.39, 0.29) is 18.1 Å². The maximum absolute atomic E-state index is 12.5. The van der Waals surface area contributed by atoms with E-state index in [0.717, 1.165) is 11.1 Å². The number of imidazole rings is 1. The van der Waals surface area contributed by atoms with Crippen molar-refractivity contribution >= 4 is 6.03 Å². The molecule has 6 heteroatoms. The topological polar surface area (TPSA) is 71.8 Å². The van der Waals surface area contributed by atoms with Gasteiger partial charge in [0.15, 0.2) is 0 Å². The lowest BCUT2D eigenvalue weighted by Gasteiger charge is -2.22. The van der Waals surface area contributed by atoms with E-state index in [2.05, 4.69) is 20.6 Å². The first kappa shape index (κ1) is 16.7. The Labute approximate surface area is 146 Å². The second-order valence-corrected chi connectivity index (χ2v) is 5.90. The average Bonchev–Trinajstić information content (AvgIpc) is 3.14. The summed E-state index contributed by atoms with van der Waals surface area (Å²) in [5, 5.41) is 6.03. The van der Waals surface area contributed by atoms with Crippen LogP contribution >= 0.6 is 0 Å². The molecule has 2 aromatic heterocycles. The molecule has 6 nitrogen and oxygen atoms in total. The number of aromatic nitrogens is 3. The maximum atomic E-state index is 12.5. The third-order valence-electron chi connectivity index (χ3n) is 3.87. The van der Waals surface area contributed by atoms with Crippen molar-refractivity contribution in [2.45, 2.75) is 25.6 Å². The Morgan fingerprint density at radius 3 is 2.40 bits per heavy atom. The van der Waals surface area contributed by atoms with Crippen LogP contribution in [0, 0.1) is 0 Å². The van der Waals surface area contributed by atoms with Gasteiger partial charge in [-0.05, 0) is 30.2 Å². The average molecular weight is 335 g/mol. The van der Waals surface area contributed by atoms with Crippen LogP contribution in [-0.4, -0.2) is 26.6 Å². The van der Waals surface area contributed by atoms with E-state index >= 15 is 0 Å². The van der Waals surface area contributed by atoms with Gasteiger partial charge < -0.3 is 15.2 Å². The molecule has 1 aromatic carbocycles. The van der Waals surface area contributed by atoms with Crippen LogP contribution in [-0.2, 0) is 6.54 Å². The molecule has 0 saturated heterocycles. The molecule has 3 aromatic rings. The number of hydrogen-bond acceptors (Lipinski definition) is 3. The van der Waals surface area contributed by atoms with Gasteiger partial charge in [-0.15, -0.1) is 0 Å². The van der Waals surface area contributed by atoms with E-state index in [9.17, 15) is 4.79 Å². The van der Waals surface area contributed by atoms with Gasteiger partial charge in [-0.2, -0.15) is 0 Å². The van der Waals surface area contributed by atoms with Crippen molar-refractivity contribution in [3.63, 3.8) is 0 Å². The highest BCUT2D eigenvalue weighted by molar-refractivity contribution is 5.75. The van der Waals surface area contributed by atoms with E-state index < -0.39 is 0 Å². The van der Waals surface area contributed by atoms with Crippen LogP contribution in [0.4, 0.5) is 4.79 Å². The third-order valence-corrected chi connectivity index (χ3v) is 3.87. The van der Waals surface area contributed by atoms with Gasteiger partial charge in [-0.25, -0.2) is 9.78 Å². The van der Waals surface area contributed by atoms with E-state index in [1.54, 1.807) is 24.9 Å². The molecule has 128 valence electrons. The molecule has 0 unspecified atom stereocenters. The quantitative estimate of drug-likeness (QED) is 0.727. The van der Waals surface area contributed by atoms with Crippen LogP contribution in [0.1, 0.15) is 24.1 Å². The van der Waals surface area contributed by atoms with Crippen LogP contribution in [0.15, 0.2) is 73.6 Å². The lowest BCUT2D eigenvalue weighted by atomic mass is 10.00. The van der Waals surface area contributed by atoms with Crippen molar-refractivity contribution in [1.82, 2.24) is 25.2 Å². The Hall–Kier alpha value is -3.15. The Kier molecular flexibility index (Phi) is 5.41. The summed E-state index contributed by atoms with van der Waals surface area (Å²) in [6, 6.07) is 13.2. The first-order chi connectivity index (χ1) is 12.2. The van der Waals surface area contributed by atoms with Crippen molar-refractivity contribution in [3.05, 3.63) is 84.7 Å². The van der Waals surface area contributed by atoms with Crippen LogP contribution < -0.4 is 10.6 Å². The Balaban J connectivity index is 1.68. The van der Waals surface area contributed by atoms with Gasteiger partial charge in [0.1, 0.15) is 0 Å². The number of hydrogen-bond donors (Lipinski definition) is 2. The number of rotatable bonds is 6. The monoisotopic (exact) mass is 335 g/mol. The Morgan fingerprint density at radius 2 is 1.72 bits per heavy atom. The number of nitrogens with zero attached hydrogens (tertiary/aromatic N) is 3. The first-order valence-corrected chi connectivity index (χ1v) is 8.20. The normalized spacial score (nSPS) is 13.0. The summed E-state index contributed by atoms with van der Waals surface area (Å²) < 4.78 is 1.93. The lowest BCUT2D eigenvalue weighted by Crippen LogP contribution is -2.44. The highest BCUT2D eigenvalue weighted by atomic mass is 16.2. The van der Waals surface area contributed by atoms with Crippen molar-refractivity contribution in [2.24, 2.45) is 0 Å². The summed E-state index contributed by atoms with van der Waals surface area (Å²) in [4.78, 5) is 20.5. The van der Waals surface area contributed by atoms with Gasteiger partial charge in [0.25, 0.3) is 0 Å². The summed E-state index contributed by atoms with van der Waals surface area (Å²) >= 11 is 0. The highest BCUT2D eigenvalue weighted by Crippen LogP contribution is 2.21. The molecule has 0 aliphatic carbocycles. The second-order valence-electron chi connectivity index (χ2n) is 5.90. The fourth-order valence-electron chi connectivity index (χ4n) is 2.71. The minimum absolute atomic E-state index is 0.0249. The number of amides is 2. The zero-order chi connectivity index (χ0) is 17.5. The van der Waals surface area contributed by atoms with Crippen molar-refractivity contribution in [3.8, 4) is 0 Å². The van der Waals surface area contributed by atoms with Crippen molar-refractivity contribution in [2.75, 3.05) is 0 Å². The van der Waals surface area contributed by atoms with Gasteiger partial charge in [0.05, 0.1) is 12.4 Å². The number of carbonyl (C=O) groups excluding carboxylic acids is 1.